The number of amides is 2. The second kappa shape index (κ2) is 9.16. The molecule has 1 aromatic carbocycles. The fourth-order valence-electron chi connectivity index (χ4n) is 4.15. The largest absolute Gasteiger partial charge is 0.353 e. The summed E-state index contributed by atoms with van der Waals surface area (Å²) in [5, 5.41) is 3.11. The number of hydrogen-bond donors (Lipinski definition) is 1. The van der Waals surface area contributed by atoms with Crippen molar-refractivity contribution in [3.63, 3.8) is 0 Å². The molecular formula is C23H30N4O2. The molecule has 29 heavy (non-hydrogen) atoms. The molecule has 0 radical (unpaired) electrons. The summed E-state index contributed by atoms with van der Waals surface area (Å²) in [4.78, 5) is 35.9. The van der Waals surface area contributed by atoms with Gasteiger partial charge in [-0.05, 0) is 44.2 Å². The van der Waals surface area contributed by atoms with Gasteiger partial charge in [0.2, 0.25) is 11.8 Å². The van der Waals surface area contributed by atoms with Crippen molar-refractivity contribution in [1.29, 1.82) is 0 Å². The molecule has 1 fully saturated rings. The van der Waals surface area contributed by atoms with Crippen LogP contribution in [0.5, 0.6) is 0 Å². The molecule has 1 atom stereocenters. The fourth-order valence-corrected chi connectivity index (χ4v) is 4.15. The molecule has 1 aliphatic rings. The highest BCUT2D eigenvalue weighted by Crippen LogP contribution is 2.37. The van der Waals surface area contributed by atoms with E-state index < -0.39 is 5.41 Å². The van der Waals surface area contributed by atoms with Gasteiger partial charge in [0.05, 0.1) is 5.41 Å². The summed E-state index contributed by atoms with van der Waals surface area (Å²) in [6.45, 7) is 6.99. The predicted octanol–water partition coefficient (Wildman–Crippen LogP) is 3.23. The van der Waals surface area contributed by atoms with Crippen molar-refractivity contribution in [1.82, 2.24) is 20.2 Å². The van der Waals surface area contributed by atoms with Gasteiger partial charge in [0, 0.05) is 43.5 Å². The monoisotopic (exact) mass is 394 g/mol. The molecule has 1 aliphatic heterocycles. The SMILES string of the molecule is CCC(=O)N1CCC[C@@](Cc2ccccc2-c2cncnc2)(C(=O)NC(C)C)C1. The fraction of sp³-hybridized carbons (Fsp3) is 0.478. The van der Waals surface area contributed by atoms with Crippen LogP contribution < -0.4 is 5.32 Å². The molecule has 0 bridgehead atoms. The maximum Gasteiger partial charge on any atom is 0.228 e. The van der Waals surface area contributed by atoms with E-state index in [1.165, 1.54) is 6.33 Å². The molecule has 2 amide bonds. The van der Waals surface area contributed by atoms with Crippen LogP contribution in [0.4, 0.5) is 0 Å². The lowest BCUT2D eigenvalue weighted by Crippen LogP contribution is -2.55. The van der Waals surface area contributed by atoms with Crippen LogP contribution in [0.15, 0.2) is 43.0 Å². The number of likely N-dealkylation sites (tertiary alicyclic amines) is 1. The van der Waals surface area contributed by atoms with Gasteiger partial charge in [-0.25, -0.2) is 9.97 Å². The summed E-state index contributed by atoms with van der Waals surface area (Å²) in [5.41, 5.74) is 2.40. The Kier molecular flexibility index (Phi) is 6.62. The molecule has 0 spiro atoms. The molecular weight excluding hydrogens is 364 g/mol. The first-order valence-electron chi connectivity index (χ1n) is 10.4. The predicted molar refractivity (Wildman–Crippen MR) is 113 cm³/mol. The first kappa shape index (κ1) is 21.0. The Morgan fingerprint density at radius 1 is 1.21 bits per heavy atom. The first-order valence-corrected chi connectivity index (χ1v) is 10.4. The Balaban J connectivity index is 1.98. The summed E-state index contributed by atoms with van der Waals surface area (Å²) < 4.78 is 0. The Labute approximate surface area is 172 Å². The molecule has 1 saturated heterocycles. The average Bonchev–Trinajstić information content (AvgIpc) is 2.74. The molecule has 0 saturated carbocycles. The third kappa shape index (κ3) is 4.81. The van der Waals surface area contributed by atoms with Crippen LogP contribution in [0.3, 0.4) is 0 Å². The van der Waals surface area contributed by atoms with Gasteiger partial charge in [0.1, 0.15) is 6.33 Å². The van der Waals surface area contributed by atoms with E-state index in [1.807, 2.05) is 43.9 Å². The van der Waals surface area contributed by atoms with Crippen molar-refractivity contribution in [3.05, 3.63) is 48.5 Å². The molecule has 0 aliphatic carbocycles. The maximum atomic E-state index is 13.4. The van der Waals surface area contributed by atoms with E-state index in [2.05, 4.69) is 21.4 Å². The van der Waals surface area contributed by atoms with Gasteiger partial charge in [0.25, 0.3) is 0 Å². The zero-order chi connectivity index (χ0) is 20.9. The lowest BCUT2D eigenvalue weighted by molar-refractivity contribution is -0.141. The van der Waals surface area contributed by atoms with Crippen molar-refractivity contribution in [2.45, 2.75) is 52.5 Å². The minimum absolute atomic E-state index is 0.0280. The summed E-state index contributed by atoms with van der Waals surface area (Å²) in [5.74, 6) is 0.136. The van der Waals surface area contributed by atoms with Gasteiger partial charge in [-0.1, -0.05) is 31.2 Å². The highest BCUT2D eigenvalue weighted by atomic mass is 16.2. The topological polar surface area (TPSA) is 75.2 Å². The summed E-state index contributed by atoms with van der Waals surface area (Å²) in [7, 11) is 0. The lowest BCUT2D eigenvalue weighted by Gasteiger charge is -2.42. The molecule has 6 heteroatoms. The molecule has 3 rings (SSSR count). The smallest absolute Gasteiger partial charge is 0.228 e. The Bertz CT molecular complexity index is 853. The van der Waals surface area contributed by atoms with E-state index >= 15 is 0 Å². The molecule has 2 aromatic rings. The zero-order valence-electron chi connectivity index (χ0n) is 17.5. The molecule has 1 N–H and O–H groups in total. The van der Waals surface area contributed by atoms with Crippen LogP contribution >= 0.6 is 0 Å². The first-order chi connectivity index (χ1) is 13.9. The standard InChI is InChI=1S/C23H30N4O2/c1-4-21(28)27-11-7-10-23(15-27,22(29)26-17(2)3)12-18-8-5-6-9-20(18)19-13-24-16-25-14-19/h5-6,8-9,13-14,16-17H,4,7,10-12,15H2,1-3H3,(H,26,29)/t23-/m0/s1. The quantitative estimate of drug-likeness (QED) is 0.816. The number of rotatable bonds is 6. The number of nitrogens with one attached hydrogen (secondary N) is 1. The van der Waals surface area contributed by atoms with E-state index in [4.69, 9.17) is 0 Å². The highest BCUT2D eigenvalue weighted by Gasteiger charge is 2.43. The van der Waals surface area contributed by atoms with Crippen LogP contribution in [0, 0.1) is 5.41 Å². The van der Waals surface area contributed by atoms with Crippen LogP contribution in [0.1, 0.15) is 45.6 Å². The second-order valence-electron chi connectivity index (χ2n) is 8.14. The summed E-state index contributed by atoms with van der Waals surface area (Å²) in [6.07, 6.45) is 7.72. The van der Waals surface area contributed by atoms with Crippen LogP contribution in [0.2, 0.25) is 0 Å². The number of hydrogen-bond acceptors (Lipinski definition) is 4. The average molecular weight is 395 g/mol. The summed E-state index contributed by atoms with van der Waals surface area (Å²) >= 11 is 0. The van der Waals surface area contributed by atoms with Gasteiger partial charge in [-0.15, -0.1) is 0 Å². The van der Waals surface area contributed by atoms with Gasteiger partial charge in [0.15, 0.2) is 0 Å². The number of piperidine rings is 1. The zero-order valence-corrected chi connectivity index (χ0v) is 17.5. The Hall–Kier alpha value is -2.76. The third-order valence-corrected chi connectivity index (χ3v) is 5.55. The number of carbonyl (C=O) groups excluding carboxylic acids is 2. The maximum absolute atomic E-state index is 13.4. The molecule has 2 heterocycles. The van der Waals surface area contributed by atoms with E-state index in [-0.39, 0.29) is 17.9 Å². The minimum Gasteiger partial charge on any atom is -0.353 e. The number of carbonyl (C=O) groups is 2. The molecule has 1 aromatic heterocycles. The number of benzene rings is 1. The second-order valence-corrected chi connectivity index (χ2v) is 8.14. The number of aromatic nitrogens is 2. The van der Waals surface area contributed by atoms with E-state index in [0.717, 1.165) is 36.1 Å². The van der Waals surface area contributed by atoms with Crippen molar-refractivity contribution in [2.75, 3.05) is 13.1 Å². The van der Waals surface area contributed by atoms with E-state index in [9.17, 15) is 9.59 Å². The molecule has 154 valence electrons. The third-order valence-electron chi connectivity index (χ3n) is 5.55. The Morgan fingerprint density at radius 2 is 1.93 bits per heavy atom. The van der Waals surface area contributed by atoms with Crippen molar-refractivity contribution >= 4 is 11.8 Å². The van der Waals surface area contributed by atoms with Crippen LogP contribution in [-0.2, 0) is 16.0 Å². The lowest BCUT2D eigenvalue weighted by atomic mass is 9.73. The highest BCUT2D eigenvalue weighted by molar-refractivity contribution is 5.85. The van der Waals surface area contributed by atoms with Crippen LogP contribution in [-0.4, -0.2) is 45.8 Å². The number of nitrogens with zero attached hydrogens (tertiary/aromatic N) is 3. The van der Waals surface area contributed by atoms with Gasteiger partial charge < -0.3 is 10.2 Å². The molecule has 0 unspecified atom stereocenters. The molecule has 6 nitrogen and oxygen atoms in total. The van der Waals surface area contributed by atoms with Gasteiger partial charge in [-0.3, -0.25) is 9.59 Å². The van der Waals surface area contributed by atoms with Crippen LogP contribution in [0.25, 0.3) is 11.1 Å². The Morgan fingerprint density at radius 3 is 2.62 bits per heavy atom. The minimum atomic E-state index is -0.640. The van der Waals surface area contributed by atoms with E-state index in [1.54, 1.807) is 12.4 Å². The van der Waals surface area contributed by atoms with Gasteiger partial charge in [-0.2, -0.15) is 0 Å². The normalized spacial score (nSPS) is 19.2. The van der Waals surface area contributed by atoms with Crippen molar-refractivity contribution in [3.8, 4) is 11.1 Å². The van der Waals surface area contributed by atoms with Crippen molar-refractivity contribution < 1.29 is 9.59 Å². The summed E-state index contributed by atoms with van der Waals surface area (Å²) in [6, 6.07) is 8.14. The van der Waals surface area contributed by atoms with Crippen molar-refractivity contribution in [2.24, 2.45) is 5.41 Å². The van der Waals surface area contributed by atoms with Gasteiger partial charge >= 0.3 is 0 Å². The van der Waals surface area contributed by atoms with E-state index in [0.29, 0.717) is 19.4 Å².